The summed E-state index contributed by atoms with van der Waals surface area (Å²) < 4.78 is 25.3. The molecule has 0 spiro atoms. The zero-order chi connectivity index (χ0) is 11.4. The maximum absolute atomic E-state index is 12.6. The molecule has 0 unspecified atom stereocenters. The van der Waals surface area contributed by atoms with Crippen LogP contribution in [0.4, 0.5) is 8.78 Å². The van der Waals surface area contributed by atoms with Crippen molar-refractivity contribution in [2.75, 3.05) is 0 Å². The number of hydrogen-bond acceptors (Lipinski definition) is 1. The molecule has 0 bridgehead atoms. The molecule has 0 radical (unpaired) electrons. The van der Waals surface area contributed by atoms with E-state index in [0.717, 1.165) is 18.1 Å². The fourth-order valence-corrected chi connectivity index (χ4v) is 0.899. The largest absolute Gasteiger partial charge is 0.207 e. The highest BCUT2D eigenvalue weighted by Crippen LogP contribution is 2.26. The van der Waals surface area contributed by atoms with Crippen molar-refractivity contribution in [3.05, 3.63) is 34.9 Å². The van der Waals surface area contributed by atoms with Crippen molar-refractivity contribution in [2.24, 2.45) is 5.92 Å². The molecule has 1 aromatic rings. The summed E-state index contributed by atoms with van der Waals surface area (Å²) in [5.41, 5.74) is -0.0467. The predicted octanol–water partition coefficient (Wildman–Crippen LogP) is 3.56. The van der Waals surface area contributed by atoms with Crippen LogP contribution in [0.5, 0.6) is 0 Å². The SMILES string of the molecule is CC1CC1.Cc1cc(F)c(C#N)cc1F. The number of hydrogen-bond donors (Lipinski definition) is 0. The van der Waals surface area contributed by atoms with Crippen molar-refractivity contribution < 1.29 is 8.78 Å². The van der Waals surface area contributed by atoms with Gasteiger partial charge in [-0.1, -0.05) is 19.8 Å². The van der Waals surface area contributed by atoms with Crippen LogP contribution in [0.25, 0.3) is 0 Å². The van der Waals surface area contributed by atoms with E-state index in [2.05, 4.69) is 6.92 Å². The molecule has 1 saturated carbocycles. The molecule has 0 heterocycles. The van der Waals surface area contributed by atoms with E-state index in [4.69, 9.17) is 5.26 Å². The lowest BCUT2D eigenvalue weighted by molar-refractivity contribution is 0.589. The Labute approximate surface area is 88.3 Å². The molecule has 3 heteroatoms. The summed E-state index contributed by atoms with van der Waals surface area (Å²) in [4.78, 5) is 0. The van der Waals surface area contributed by atoms with Crippen molar-refractivity contribution in [1.29, 1.82) is 5.26 Å². The van der Waals surface area contributed by atoms with Gasteiger partial charge in [0.1, 0.15) is 17.7 Å². The summed E-state index contributed by atoms with van der Waals surface area (Å²) in [6.07, 6.45) is 2.97. The van der Waals surface area contributed by atoms with E-state index < -0.39 is 11.6 Å². The van der Waals surface area contributed by atoms with Crippen molar-refractivity contribution in [3.8, 4) is 6.07 Å². The lowest BCUT2D eigenvalue weighted by Gasteiger charge is -1.96. The molecule has 1 aromatic carbocycles. The topological polar surface area (TPSA) is 23.8 Å². The molecule has 0 N–H and O–H groups in total. The third-order valence-electron chi connectivity index (χ3n) is 2.23. The molecule has 15 heavy (non-hydrogen) atoms. The second-order valence-corrected chi connectivity index (χ2v) is 3.88. The van der Waals surface area contributed by atoms with Crippen molar-refractivity contribution in [2.45, 2.75) is 26.7 Å². The Morgan fingerprint density at radius 3 is 2.20 bits per heavy atom. The molecule has 0 atom stereocenters. The van der Waals surface area contributed by atoms with Gasteiger partial charge in [-0.3, -0.25) is 0 Å². The average molecular weight is 209 g/mol. The molecule has 2 rings (SSSR count). The van der Waals surface area contributed by atoms with Gasteiger partial charge in [-0.25, -0.2) is 8.78 Å². The maximum Gasteiger partial charge on any atom is 0.141 e. The third kappa shape index (κ3) is 3.67. The first-order chi connectivity index (χ1) is 7.04. The highest BCUT2D eigenvalue weighted by Gasteiger charge is 2.12. The first kappa shape index (κ1) is 11.6. The Balaban J connectivity index is 0.000000234. The van der Waals surface area contributed by atoms with Gasteiger partial charge in [-0.2, -0.15) is 5.26 Å². The highest BCUT2D eigenvalue weighted by atomic mass is 19.1. The summed E-state index contributed by atoms with van der Waals surface area (Å²) in [6.45, 7) is 3.72. The summed E-state index contributed by atoms with van der Waals surface area (Å²) in [5, 5.41) is 8.28. The smallest absolute Gasteiger partial charge is 0.141 e. The van der Waals surface area contributed by atoms with E-state index in [1.54, 1.807) is 6.07 Å². The molecular weight excluding hydrogens is 196 g/mol. The number of nitrogens with zero attached hydrogens (tertiary/aromatic N) is 1. The number of halogens is 2. The predicted molar refractivity (Wildman–Crippen MR) is 54.2 cm³/mol. The van der Waals surface area contributed by atoms with Gasteiger partial charge in [0.05, 0.1) is 5.56 Å². The van der Waals surface area contributed by atoms with Crippen molar-refractivity contribution in [3.63, 3.8) is 0 Å². The fourth-order valence-electron chi connectivity index (χ4n) is 0.899. The van der Waals surface area contributed by atoms with Crippen LogP contribution in [-0.2, 0) is 0 Å². The second kappa shape index (κ2) is 4.88. The summed E-state index contributed by atoms with van der Waals surface area (Å²) in [6, 6.07) is 3.45. The van der Waals surface area contributed by atoms with Crippen LogP contribution in [-0.4, -0.2) is 0 Å². The van der Waals surface area contributed by atoms with E-state index in [1.807, 2.05) is 0 Å². The molecule has 1 nitrogen and oxygen atoms in total. The van der Waals surface area contributed by atoms with Gasteiger partial charge >= 0.3 is 0 Å². The maximum atomic E-state index is 12.6. The lowest BCUT2D eigenvalue weighted by atomic mass is 10.1. The van der Waals surface area contributed by atoms with E-state index in [9.17, 15) is 8.78 Å². The molecule has 1 aliphatic carbocycles. The average Bonchev–Trinajstić information content (AvgIpc) is 2.95. The monoisotopic (exact) mass is 209 g/mol. The van der Waals surface area contributed by atoms with Crippen LogP contribution < -0.4 is 0 Å². The summed E-state index contributed by atoms with van der Waals surface area (Å²) in [5.74, 6) is -0.144. The van der Waals surface area contributed by atoms with Gasteiger partial charge in [0.25, 0.3) is 0 Å². The zero-order valence-corrected chi connectivity index (χ0v) is 8.85. The van der Waals surface area contributed by atoms with E-state index >= 15 is 0 Å². The van der Waals surface area contributed by atoms with Crippen LogP contribution >= 0.6 is 0 Å². The Bertz CT molecular complexity index is 389. The lowest BCUT2D eigenvalue weighted by Crippen LogP contribution is -1.89. The number of benzene rings is 1. The molecule has 1 aliphatic rings. The van der Waals surface area contributed by atoms with Gasteiger partial charge in [0, 0.05) is 0 Å². The minimum absolute atomic E-state index is 0.210. The number of rotatable bonds is 0. The Morgan fingerprint density at radius 1 is 1.27 bits per heavy atom. The van der Waals surface area contributed by atoms with Crippen LogP contribution in [0.1, 0.15) is 30.9 Å². The Hall–Kier alpha value is -1.43. The van der Waals surface area contributed by atoms with Gasteiger partial charge in [-0.15, -0.1) is 0 Å². The Kier molecular flexibility index (Phi) is 3.79. The third-order valence-corrected chi connectivity index (χ3v) is 2.23. The van der Waals surface area contributed by atoms with Gasteiger partial charge in [0.15, 0.2) is 0 Å². The Morgan fingerprint density at radius 2 is 1.80 bits per heavy atom. The van der Waals surface area contributed by atoms with Crippen LogP contribution in [0.15, 0.2) is 12.1 Å². The minimum Gasteiger partial charge on any atom is -0.207 e. The molecule has 1 fully saturated rings. The standard InChI is InChI=1S/C8H5F2N.C4H8/c1-5-2-8(10)6(4-11)3-7(5)9;1-4-2-3-4/h2-3H,1H3;4H,2-3H2,1H3. The molecule has 0 aliphatic heterocycles. The quantitative estimate of drug-likeness (QED) is 0.640. The normalized spacial score (nSPS) is 13.8. The van der Waals surface area contributed by atoms with E-state index in [0.29, 0.717) is 0 Å². The van der Waals surface area contributed by atoms with Gasteiger partial charge in [-0.05, 0) is 30.5 Å². The first-order valence-corrected chi connectivity index (χ1v) is 4.90. The number of aryl methyl sites for hydroxylation is 1. The number of nitriles is 1. The molecule has 0 aromatic heterocycles. The second-order valence-electron chi connectivity index (χ2n) is 3.88. The van der Waals surface area contributed by atoms with Crippen LogP contribution in [0, 0.1) is 35.8 Å². The molecule has 0 amide bonds. The first-order valence-electron chi connectivity index (χ1n) is 4.90. The molecule has 0 saturated heterocycles. The molecule has 80 valence electrons. The summed E-state index contributed by atoms with van der Waals surface area (Å²) >= 11 is 0. The minimum atomic E-state index is -0.675. The van der Waals surface area contributed by atoms with Gasteiger partial charge < -0.3 is 0 Å². The van der Waals surface area contributed by atoms with Crippen LogP contribution in [0.2, 0.25) is 0 Å². The van der Waals surface area contributed by atoms with Crippen LogP contribution in [0.3, 0.4) is 0 Å². The fraction of sp³-hybridized carbons (Fsp3) is 0.417. The van der Waals surface area contributed by atoms with Crippen molar-refractivity contribution >= 4 is 0 Å². The van der Waals surface area contributed by atoms with E-state index in [1.165, 1.54) is 19.8 Å². The highest BCUT2D eigenvalue weighted by molar-refractivity contribution is 5.33. The van der Waals surface area contributed by atoms with Crippen molar-refractivity contribution in [1.82, 2.24) is 0 Å². The van der Waals surface area contributed by atoms with E-state index in [-0.39, 0.29) is 11.1 Å². The summed E-state index contributed by atoms with van der Waals surface area (Å²) in [7, 11) is 0. The van der Waals surface area contributed by atoms with Gasteiger partial charge in [0.2, 0.25) is 0 Å². The zero-order valence-electron chi connectivity index (χ0n) is 8.85. The molecular formula is C12H13F2N.